The lowest BCUT2D eigenvalue weighted by atomic mass is 10.1. The maximum absolute atomic E-state index is 6.03. The number of anilines is 1. The fraction of sp³-hybridized carbons (Fsp3) is 0.471. The summed E-state index contributed by atoms with van der Waals surface area (Å²) < 4.78 is 5.82. The molecule has 0 amide bonds. The minimum Gasteiger partial charge on any atom is -0.398 e. The summed E-state index contributed by atoms with van der Waals surface area (Å²) in [5.41, 5.74) is 9.05. The van der Waals surface area contributed by atoms with E-state index in [1.54, 1.807) is 0 Å². The molecule has 1 aromatic heterocycles. The van der Waals surface area contributed by atoms with E-state index >= 15 is 0 Å². The summed E-state index contributed by atoms with van der Waals surface area (Å²) in [5.74, 6) is 0. The Labute approximate surface area is 125 Å². The van der Waals surface area contributed by atoms with Crippen LogP contribution >= 0.6 is 0 Å². The van der Waals surface area contributed by atoms with E-state index < -0.39 is 0 Å². The SMILES string of the molecule is CN(Cc1ccc(N)c2cccnc12)CC1CCCCO1. The average molecular weight is 285 g/mol. The highest BCUT2D eigenvalue weighted by atomic mass is 16.5. The Morgan fingerprint density at radius 1 is 1.33 bits per heavy atom. The highest BCUT2D eigenvalue weighted by Gasteiger charge is 2.16. The molecule has 3 rings (SSSR count). The van der Waals surface area contributed by atoms with E-state index in [0.29, 0.717) is 6.10 Å². The third kappa shape index (κ3) is 3.34. The van der Waals surface area contributed by atoms with E-state index in [9.17, 15) is 0 Å². The van der Waals surface area contributed by atoms with E-state index in [0.717, 1.165) is 36.3 Å². The molecule has 2 aromatic rings. The van der Waals surface area contributed by atoms with Gasteiger partial charge in [0.25, 0.3) is 0 Å². The zero-order valence-corrected chi connectivity index (χ0v) is 12.6. The van der Waals surface area contributed by atoms with Gasteiger partial charge in [0.15, 0.2) is 0 Å². The Balaban J connectivity index is 1.73. The molecule has 2 heterocycles. The topological polar surface area (TPSA) is 51.4 Å². The fourth-order valence-corrected chi connectivity index (χ4v) is 3.04. The normalized spacial score (nSPS) is 19.2. The van der Waals surface area contributed by atoms with Gasteiger partial charge in [0.2, 0.25) is 0 Å². The number of pyridine rings is 1. The number of nitrogen functional groups attached to an aromatic ring is 1. The molecule has 2 N–H and O–H groups in total. The van der Waals surface area contributed by atoms with Crippen LogP contribution in [0.25, 0.3) is 10.9 Å². The summed E-state index contributed by atoms with van der Waals surface area (Å²) in [4.78, 5) is 6.82. The largest absolute Gasteiger partial charge is 0.398 e. The van der Waals surface area contributed by atoms with Crippen LogP contribution in [0.1, 0.15) is 24.8 Å². The van der Waals surface area contributed by atoms with Gasteiger partial charge < -0.3 is 10.5 Å². The van der Waals surface area contributed by atoms with Gasteiger partial charge in [-0.2, -0.15) is 0 Å². The van der Waals surface area contributed by atoms with Crippen molar-refractivity contribution < 1.29 is 4.74 Å². The van der Waals surface area contributed by atoms with Gasteiger partial charge >= 0.3 is 0 Å². The minimum absolute atomic E-state index is 0.372. The van der Waals surface area contributed by atoms with Gasteiger partial charge in [-0.3, -0.25) is 9.88 Å². The van der Waals surface area contributed by atoms with Gasteiger partial charge in [-0.15, -0.1) is 0 Å². The Hall–Kier alpha value is -1.65. The summed E-state index contributed by atoms with van der Waals surface area (Å²) in [7, 11) is 2.14. The predicted molar refractivity (Wildman–Crippen MR) is 86.1 cm³/mol. The predicted octanol–water partition coefficient (Wildman–Crippen LogP) is 2.82. The molecule has 0 spiro atoms. The summed E-state index contributed by atoms with van der Waals surface area (Å²) in [6.45, 7) is 2.75. The van der Waals surface area contributed by atoms with Crippen LogP contribution in [0.15, 0.2) is 30.5 Å². The van der Waals surface area contributed by atoms with Crippen molar-refractivity contribution in [1.29, 1.82) is 0 Å². The monoisotopic (exact) mass is 285 g/mol. The molecule has 0 aliphatic carbocycles. The lowest BCUT2D eigenvalue weighted by Gasteiger charge is -2.27. The van der Waals surface area contributed by atoms with Gasteiger partial charge in [-0.1, -0.05) is 6.07 Å². The molecular formula is C17H23N3O. The first-order valence-electron chi connectivity index (χ1n) is 7.66. The van der Waals surface area contributed by atoms with Crippen LogP contribution in [0.2, 0.25) is 0 Å². The number of nitrogens with two attached hydrogens (primary N) is 1. The fourth-order valence-electron chi connectivity index (χ4n) is 3.04. The number of benzene rings is 1. The number of nitrogens with zero attached hydrogens (tertiary/aromatic N) is 2. The van der Waals surface area contributed by atoms with Gasteiger partial charge in [-0.25, -0.2) is 0 Å². The number of hydrogen-bond acceptors (Lipinski definition) is 4. The molecule has 1 fully saturated rings. The quantitative estimate of drug-likeness (QED) is 0.878. The van der Waals surface area contributed by atoms with Gasteiger partial charge in [-0.05, 0) is 50.1 Å². The average Bonchev–Trinajstić information content (AvgIpc) is 2.51. The van der Waals surface area contributed by atoms with Crippen molar-refractivity contribution in [2.75, 3.05) is 25.9 Å². The number of likely N-dealkylation sites (N-methyl/N-ethyl adjacent to an activating group) is 1. The van der Waals surface area contributed by atoms with Crippen molar-refractivity contribution in [3.05, 3.63) is 36.0 Å². The second kappa shape index (κ2) is 6.41. The van der Waals surface area contributed by atoms with Crippen LogP contribution in [-0.4, -0.2) is 36.2 Å². The molecule has 1 unspecified atom stereocenters. The molecule has 0 radical (unpaired) electrons. The smallest absolute Gasteiger partial charge is 0.0767 e. The molecule has 0 saturated carbocycles. The van der Waals surface area contributed by atoms with Crippen molar-refractivity contribution in [1.82, 2.24) is 9.88 Å². The van der Waals surface area contributed by atoms with Gasteiger partial charge in [0.1, 0.15) is 0 Å². The lowest BCUT2D eigenvalue weighted by molar-refractivity contribution is -0.00254. The second-order valence-electron chi connectivity index (χ2n) is 5.90. The molecule has 4 nitrogen and oxygen atoms in total. The van der Waals surface area contributed by atoms with E-state index in [2.05, 4.69) is 23.0 Å². The molecule has 21 heavy (non-hydrogen) atoms. The summed E-state index contributed by atoms with van der Waals surface area (Å²) >= 11 is 0. The number of fused-ring (bicyclic) bond motifs is 1. The molecule has 112 valence electrons. The number of hydrogen-bond donors (Lipinski definition) is 1. The summed E-state index contributed by atoms with van der Waals surface area (Å²) in [6.07, 6.45) is 5.86. The molecule has 1 aromatic carbocycles. The maximum Gasteiger partial charge on any atom is 0.0767 e. The number of aromatic nitrogens is 1. The summed E-state index contributed by atoms with van der Waals surface area (Å²) in [5, 5.41) is 1.04. The summed E-state index contributed by atoms with van der Waals surface area (Å²) in [6, 6.07) is 8.03. The second-order valence-corrected chi connectivity index (χ2v) is 5.90. The first kappa shape index (κ1) is 14.3. The minimum atomic E-state index is 0.372. The Bertz CT molecular complexity index is 608. The molecule has 1 saturated heterocycles. The Morgan fingerprint density at radius 3 is 3.05 bits per heavy atom. The lowest BCUT2D eigenvalue weighted by Crippen LogP contribution is -2.33. The number of ether oxygens (including phenoxy) is 1. The van der Waals surface area contributed by atoms with E-state index in [1.807, 2.05) is 24.4 Å². The molecule has 1 aliphatic rings. The van der Waals surface area contributed by atoms with Crippen molar-refractivity contribution in [2.45, 2.75) is 31.9 Å². The highest BCUT2D eigenvalue weighted by molar-refractivity contribution is 5.92. The van der Waals surface area contributed by atoms with Gasteiger partial charge in [0, 0.05) is 37.0 Å². The molecule has 0 bridgehead atoms. The van der Waals surface area contributed by atoms with E-state index in [-0.39, 0.29) is 0 Å². The Kier molecular flexibility index (Phi) is 4.36. The van der Waals surface area contributed by atoms with Crippen LogP contribution in [-0.2, 0) is 11.3 Å². The molecule has 1 atom stereocenters. The van der Waals surface area contributed by atoms with E-state index in [4.69, 9.17) is 10.5 Å². The molecule has 1 aliphatic heterocycles. The van der Waals surface area contributed by atoms with Crippen molar-refractivity contribution in [2.24, 2.45) is 0 Å². The van der Waals surface area contributed by atoms with Crippen LogP contribution in [0, 0.1) is 0 Å². The van der Waals surface area contributed by atoms with Crippen molar-refractivity contribution in [3.8, 4) is 0 Å². The third-order valence-corrected chi connectivity index (χ3v) is 4.12. The number of rotatable bonds is 4. The van der Waals surface area contributed by atoms with Crippen LogP contribution in [0.5, 0.6) is 0 Å². The van der Waals surface area contributed by atoms with Crippen LogP contribution in [0.3, 0.4) is 0 Å². The van der Waals surface area contributed by atoms with Crippen LogP contribution < -0.4 is 5.73 Å². The molecular weight excluding hydrogens is 262 g/mol. The Morgan fingerprint density at radius 2 is 2.24 bits per heavy atom. The van der Waals surface area contributed by atoms with Gasteiger partial charge in [0.05, 0.1) is 11.6 Å². The standard InChI is InChI=1S/C17H23N3O/c1-20(12-14-5-2-3-10-21-14)11-13-7-8-16(18)15-6-4-9-19-17(13)15/h4,6-9,14H,2-3,5,10-12,18H2,1H3. The van der Waals surface area contributed by atoms with Crippen LogP contribution in [0.4, 0.5) is 5.69 Å². The zero-order chi connectivity index (χ0) is 14.7. The zero-order valence-electron chi connectivity index (χ0n) is 12.6. The first-order valence-corrected chi connectivity index (χ1v) is 7.66. The van der Waals surface area contributed by atoms with Crippen molar-refractivity contribution in [3.63, 3.8) is 0 Å². The highest BCUT2D eigenvalue weighted by Crippen LogP contribution is 2.23. The van der Waals surface area contributed by atoms with Crippen molar-refractivity contribution >= 4 is 16.6 Å². The first-order chi connectivity index (χ1) is 10.2. The maximum atomic E-state index is 6.03. The third-order valence-electron chi connectivity index (χ3n) is 4.12. The van der Waals surface area contributed by atoms with E-state index in [1.165, 1.54) is 24.8 Å². The molecule has 4 heteroatoms.